The molecule has 0 bridgehead atoms. The Morgan fingerprint density at radius 3 is 2.59 bits per heavy atom. The predicted octanol–water partition coefficient (Wildman–Crippen LogP) is 3.20. The van der Waals surface area contributed by atoms with Crippen molar-refractivity contribution >= 4 is 11.6 Å². The van der Waals surface area contributed by atoms with Crippen LogP contribution >= 0.6 is 0 Å². The van der Waals surface area contributed by atoms with Crippen LogP contribution in [0.2, 0.25) is 0 Å². The lowest BCUT2D eigenvalue weighted by molar-refractivity contribution is -0.134. The summed E-state index contributed by atoms with van der Waals surface area (Å²) in [6.45, 7) is 8.77. The Kier molecular flexibility index (Phi) is 3.28. The van der Waals surface area contributed by atoms with E-state index in [1.807, 2.05) is 0 Å². The topological polar surface area (TPSA) is 32.7 Å². The zero-order valence-corrected chi connectivity index (χ0v) is 11.5. The molecule has 1 aliphatic carbocycles. The zero-order chi connectivity index (χ0) is 12.6. The van der Waals surface area contributed by atoms with Crippen LogP contribution in [-0.2, 0) is 4.79 Å². The van der Waals surface area contributed by atoms with Crippen LogP contribution in [0.15, 0.2) is 5.10 Å². The van der Waals surface area contributed by atoms with E-state index < -0.39 is 0 Å². The molecule has 0 spiro atoms. The van der Waals surface area contributed by atoms with Crippen molar-refractivity contribution in [1.29, 1.82) is 0 Å². The number of carbonyl (C=O) groups excluding carboxylic acids is 1. The van der Waals surface area contributed by atoms with Crippen molar-refractivity contribution in [2.45, 2.75) is 65.8 Å². The average molecular weight is 236 g/mol. The van der Waals surface area contributed by atoms with Gasteiger partial charge in [0, 0.05) is 0 Å². The molecule has 1 atom stereocenters. The molecule has 0 N–H and O–H groups in total. The van der Waals surface area contributed by atoms with E-state index in [0.29, 0.717) is 18.4 Å². The normalized spacial score (nSPS) is 28.8. The Morgan fingerprint density at radius 1 is 1.35 bits per heavy atom. The molecule has 0 aromatic rings. The first-order valence-electron chi connectivity index (χ1n) is 6.81. The molecular formula is C14H24N2O. The first kappa shape index (κ1) is 12.6. The summed E-state index contributed by atoms with van der Waals surface area (Å²) in [4.78, 5) is 12.1. The molecule has 1 saturated carbocycles. The number of rotatable bonds is 2. The summed E-state index contributed by atoms with van der Waals surface area (Å²) in [5, 5.41) is 6.39. The summed E-state index contributed by atoms with van der Waals surface area (Å²) < 4.78 is 0. The fraction of sp³-hybridized carbons (Fsp3) is 0.857. The third-order valence-electron chi connectivity index (χ3n) is 4.24. The van der Waals surface area contributed by atoms with Gasteiger partial charge < -0.3 is 0 Å². The predicted molar refractivity (Wildman–Crippen MR) is 69.8 cm³/mol. The molecule has 1 aliphatic heterocycles. The molecule has 3 nitrogen and oxygen atoms in total. The van der Waals surface area contributed by atoms with Crippen LogP contribution in [0.1, 0.15) is 59.8 Å². The molecule has 2 aliphatic rings. The molecule has 0 aromatic carbocycles. The summed E-state index contributed by atoms with van der Waals surface area (Å²) in [5.41, 5.74) is 1.26. The van der Waals surface area contributed by atoms with Gasteiger partial charge in [-0.15, -0.1) is 0 Å². The number of carbonyl (C=O) groups is 1. The van der Waals surface area contributed by atoms with Gasteiger partial charge in [0.05, 0.1) is 18.2 Å². The summed E-state index contributed by atoms with van der Waals surface area (Å²) in [7, 11) is 0. The molecule has 0 aromatic heterocycles. The highest BCUT2D eigenvalue weighted by atomic mass is 16.2. The van der Waals surface area contributed by atoms with Gasteiger partial charge in [-0.05, 0) is 24.2 Å². The number of amides is 1. The lowest BCUT2D eigenvalue weighted by Gasteiger charge is -2.41. The van der Waals surface area contributed by atoms with Crippen LogP contribution in [-0.4, -0.2) is 22.7 Å². The van der Waals surface area contributed by atoms with Crippen LogP contribution < -0.4 is 0 Å². The SMILES string of the molecule is CC(C)C1=NN(C2CCCCC2(C)C)C(=O)C1. The van der Waals surface area contributed by atoms with Crippen molar-refractivity contribution in [2.24, 2.45) is 16.4 Å². The Balaban J connectivity index is 2.19. The highest BCUT2D eigenvalue weighted by molar-refractivity contribution is 6.05. The van der Waals surface area contributed by atoms with Gasteiger partial charge in [-0.1, -0.05) is 40.5 Å². The third kappa shape index (κ3) is 2.38. The molecule has 0 radical (unpaired) electrons. The first-order chi connectivity index (χ1) is 7.92. The van der Waals surface area contributed by atoms with Crippen molar-refractivity contribution in [3.05, 3.63) is 0 Å². The van der Waals surface area contributed by atoms with E-state index in [0.717, 1.165) is 12.1 Å². The van der Waals surface area contributed by atoms with Crippen LogP contribution in [0.3, 0.4) is 0 Å². The molecule has 1 fully saturated rings. The van der Waals surface area contributed by atoms with Crippen molar-refractivity contribution in [2.75, 3.05) is 0 Å². The van der Waals surface area contributed by atoms with Gasteiger partial charge in [0.15, 0.2) is 0 Å². The monoisotopic (exact) mass is 236 g/mol. The molecule has 0 saturated heterocycles. The average Bonchev–Trinajstić information content (AvgIpc) is 2.60. The number of hydrogen-bond acceptors (Lipinski definition) is 2. The van der Waals surface area contributed by atoms with E-state index in [2.05, 4.69) is 32.8 Å². The van der Waals surface area contributed by atoms with Crippen LogP contribution in [0, 0.1) is 11.3 Å². The molecule has 3 heteroatoms. The minimum Gasteiger partial charge on any atom is -0.273 e. The second-order valence-electron chi connectivity index (χ2n) is 6.41. The quantitative estimate of drug-likeness (QED) is 0.724. The highest BCUT2D eigenvalue weighted by Gasteiger charge is 2.41. The third-order valence-corrected chi connectivity index (χ3v) is 4.24. The maximum absolute atomic E-state index is 12.1. The Bertz CT molecular complexity index is 344. The van der Waals surface area contributed by atoms with Gasteiger partial charge in [0.25, 0.3) is 0 Å². The van der Waals surface area contributed by atoms with Crippen molar-refractivity contribution in [3.63, 3.8) is 0 Å². The van der Waals surface area contributed by atoms with Gasteiger partial charge in [-0.2, -0.15) is 5.10 Å². The maximum Gasteiger partial charge on any atom is 0.248 e. The van der Waals surface area contributed by atoms with E-state index in [1.54, 1.807) is 5.01 Å². The van der Waals surface area contributed by atoms with Gasteiger partial charge in [-0.3, -0.25) is 4.79 Å². The summed E-state index contributed by atoms with van der Waals surface area (Å²) in [6.07, 6.45) is 5.35. The molecular weight excluding hydrogens is 212 g/mol. The lowest BCUT2D eigenvalue weighted by atomic mass is 9.73. The minimum atomic E-state index is 0.202. The van der Waals surface area contributed by atoms with Crippen molar-refractivity contribution in [1.82, 2.24) is 5.01 Å². The van der Waals surface area contributed by atoms with E-state index in [1.165, 1.54) is 19.3 Å². The molecule has 1 unspecified atom stereocenters. The summed E-state index contributed by atoms with van der Waals surface area (Å²) in [5.74, 6) is 0.587. The molecule has 1 amide bonds. The second-order valence-corrected chi connectivity index (χ2v) is 6.41. The maximum atomic E-state index is 12.1. The zero-order valence-electron chi connectivity index (χ0n) is 11.5. The molecule has 96 valence electrons. The largest absolute Gasteiger partial charge is 0.273 e. The smallest absolute Gasteiger partial charge is 0.248 e. The Labute approximate surface area is 104 Å². The first-order valence-corrected chi connectivity index (χ1v) is 6.81. The number of hydrazone groups is 1. The number of hydrogen-bond donors (Lipinski definition) is 0. The summed E-state index contributed by atoms with van der Waals surface area (Å²) in [6, 6.07) is 0.306. The fourth-order valence-corrected chi connectivity index (χ4v) is 2.96. The number of nitrogens with zero attached hydrogens (tertiary/aromatic N) is 2. The van der Waals surface area contributed by atoms with Crippen LogP contribution in [0.5, 0.6) is 0 Å². The van der Waals surface area contributed by atoms with E-state index in [9.17, 15) is 4.79 Å². The standard InChI is InChI=1S/C14H24N2O/c1-10(2)11-9-13(17)16(15-11)12-7-5-6-8-14(12,3)4/h10,12H,5-9H2,1-4H3. The van der Waals surface area contributed by atoms with Gasteiger partial charge >= 0.3 is 0 Å². The molecule has 1 heterocycles. The Hall–Kier alpha value is -0.860. The summed E-state index contributed by atoms with van der Waals surface area (Å²) >= 11 is 0. The molecule has 17 heavy (non-hydrogen) atoms. The molecule has 2 rings (SSSR count). The van der Waals surface area contributed by atoms with Gasteiger partial charge in [0.2, 0.25) is 5.91 Å². The van der Waals surface area contributed by atoms with Crippen LogP contribution in [0.4, 0.5) is 0 Å². The lowest BCUT2D eigenvalue weighted by Crippen LogP contribution is -2.45. The Morgan fingerprint density at radius 2 is 2.06 bits per heavy atom. The van der Waals surface area contributed by atoms with Crippen molar-refractivity contribution < 1.29 is 4.79 Å². The highest BCUT2D eigenvalue weighted by Crippen LogP contribution is 2.40. The van der Waals surface area contributed by atoms with Crippen LogP contribution in [0.25, 0.3) is 0 Å². The van der Waals surface area contributed by atoms with Gasteiger partial charge in [0.1, 0.15) is 0 Å². The van der Waals surface area contributed by atoms with E-state index >= 15 is 0 Å². The van der Waals surface area contributed by atoms with Crippen molar-refractivity contribution in [3.8, 4) is 0 Å². The second kappa shape index (κ2) is 4.43. The van der Waals surface area contributed by atoms with E-state index in [-0.39, 0.29) is 11.3 Å². The fourth-order valence-electron chi connectivity index (χ4n) is 2.96. The minimum absolute atomic E-state index is 0.202. The van der Waals surface area contributed by atoms with Gasteiger partial charge in [-0.25, -0.2) is 5.01 Å². The van der Waals surface area contributed by atoms with E-state index in [4.69, 9.17) is 0 Å².